The lowest BCUT2D eigenvalue weighted by Gasteiger charge is -2.38. The topological polar surface area (TPSA) is 87.5 Å². The van der Waals surface area contributed by atoms with E-state index < -0.39 is 0 Å². The molecule has 1 aliphatic heterocycles. The minimum Gasteiger partial charge on any atom is -0.354 e. The average Bonchev–Trinajstić information content (AvgIpc) is 2.34. The molecule has 0 aromatic rings. The monoisotopic (exact) mass is 261 g/mol. The van der Waals surface area contributed by atoms with E-state index in [1.807, 2.05) is 5.43 Å². The third kappa shape index (κ3) is 4.62. The maximum absolute atomic E-state index is 11.8. The highest BCUT2D eigenvalue weighted by atomic mass is 16.2. The number of amides is 2. The molecule has 0 saturated carbocycles. The summed E-state index contributed by atoms with van der Waals surface area (Å²) < 4.78 is 0. The van der Waals surface area contributed by atoms with Crippen LogP contribution >= 0.6 is 0 Å². The molecule has 0 radical (unpaired) electrons. The summed E-state index contributed by atoms with van der Waals surface area (Å²) in [4.78, 5) is 24.9. The first-order valence-electron chi connectivity index (χ1n) is 6.56. The minimum absolute atomic E-state index is 0.0274. The largest absolute Gasteiger partial charge is 0.354 e. The molecule has 0 unspecified atom stereocenters. The molecule has 1 saturated heterocycles. The number of hydrogen-bond acceptors (Lipinski definition) is 4. The van der Waals surface area contributed by atoms with Gasteiger partial charge in [0, 0.05) is 25.0 Å². The van der Waals surface area contributed by atoms with Gasteiger partial charge in [-0.25, -0.2) is 5.84 Å². The van der Waals surface area contributed by atoms with Crippen LogP contribution in [0.5, 0.6) is 0 Å². The fraction of sp³-hybridized carbons (Fsp3) is 0.833. The van der Waals surface area contributed by atoms with Crippen molar-refractivity contribution < 1.29 is 9.59 Å². The fourth-order valence-electron chi connectivity index (χ4n) is 2.40. The van der Waals surface area contributed by atoms with Gasteiger partial charge in [0.1, 0.15) is 0 Å². The molecule has 18 heavy (non-hydrogen) atoms. The highest BCUT2D eigenvalue weighted by molar-refractivity contribution is 5.79. The number of hydrogen-bond donors (Lipinski definition) is 3. The van der Waals surface area contributed by atoms with E-state index in [1.54, 1.807) is 0 Å². The third-order valence-electron chi connectivity index (χ3n) is 3.54. The number of nitrogens with zero attached hydrogens (tertiary/aromatic N) is 1. The van der Waals surface area contributed by atoms with Gasteiger partial charge in [-0.2, -0.15) is 0 Å². The summed E-state index contributed by atoms with van der Waals surface area (Å²) >= 11 is 0. The molecule has 6 heteroatoms. The molecular formula is C12H24N4O2. The molecule has 2 atom stereocenters. The highest BCUT2D eigenvalue weighted by Gasteiger charge is 2.26. The molecule has 0 aromatic carbocycles. The van der Waals surface area contributed by atoms with Gasteiger partial charge in [-0.3, -0.25) is 19.9 Å². The molecule has 0 spiro atoms. The molecule has 104 valence electrons. The Hall–Kier alpha value is -1.14. The van der Waals surface area contributed by atoms with Crippen molar-refractivity contribution >= 4 is 11.8 Å². The van der Waals surface area contributed by atoms with Crippen LogP contribution in [-0.2, 0) is 9.59 Å². The minimum atomic E-state index is -0.269. The van der Waals surface area contributed by atoms with Gasteiger partial charge < -0.3 is 5.32 Å². The van der Waals surface area contributed by atoms with Crippen molar-refractivity contribution in [3.05, 3.63) is 0 Å². The van der Waals surface area contributed by atoms with Gasteiger partial charge in [0.15, 0.2) is 0 Å². The van der Waals surface area contributed by atoms with E-state index in [2.05, 4.69) is 24.1 Å². The first-order valence-corrected chi connectivity index (χ1v) is 6.56. The van der Waals surface area contributed by atoms with E-state index >= 15 is 0 Å². The molecule has 2 amide bonds. The van der Waals surface area contributed by atoms with Gasteiger partial charge in [-0.1, -0.05) is 6.42 Å². The SMILES string of the molecule is C[C@@H]1CCC[C@H](C)[15N]1C[13C](=O)N[13CH2][13CH2][13C](=O)NN. The van der Waals surface area contributed by atoms with Crippen molar-refractivity contribution in [3.8, 4) is 0 Å². The van der Waals surface area contributed by atoms with Crippen molar-refractivity contribution in [3.63, 3.8) is 0 Å². The number of nitrogens with one attached hydrogen (secondary N) is 2. The normalized spacial score (nSPS) is 24.6. The van der Waals surface area contributed by atoms with Crippen LogP contribution in [-0.4, -0.2) is 41.9 Å². The van der Waals surface area contributed by atoms with Crippen molar-refractivity contribution in [2.75, 3.05) is 13.1 Å². The zero-order valence-corrected chi connectivity index (χ0v) is 11.2. The lowest BCUT2D eigenvalue weighted by molar-refractivity contribution is -0.124. The van der Waals surface area contributed by atoms with E-state index in [0.717, 1.165) is 12.8 Å². The molecule has 4 N–H and O–H groups in total. The number of rotatable bonds is 5. The predicted octanol–water partition coefficient (Wildman–Crippen LogP) is -0.254. The van der Waals surface area contributed by atoms with Gasteiger partial charge in [0.25, 0.3) is 0 Å². The average molecular weight is 261 g/mol. The summed E-state index contributed by atoms with van der Waals surface area (Å²) in [6.07, 6.45) is 3.74. The van der Waals surface area contributed by atoms with Crippen LogP contribution in [0, 0.1) is 0 Å². The number of hydrazine groups is 1. The summed E-state index contributed by atoms with van der Waals surface area (Å²) in [6, 6.07) is 0.902. The summed E-state index contributed by atoms with van der Waals surface area (Å²) in [6.45, 7) is 5.06. The van der Waals surface area contributed by atoms with E-state index in [1.165, 1.54) is 6.42 Å². The molecule has 1 fully saturated rings. The first-order chi connectivity index (χ1) is 8.54. The van der Waals surface area contributed by atoms with Gasteiger partial charge in [-0.15, -0.1) is 0 Å². The summed E-state index contributed by atoms with van der Waals surface area (Å²) in [5, 5.41) is 2.74. The Bertz CT molecular complexity index is 286. The number of nitrogens with two attached hydrogens (primary N) is 1. The van der Waals surface area contributed by atoms with Gasteiger partial charge >= 0.3 is 0 Å². The van der Waals surface area contributed by atoms with Crippen LogP contribution < -0.4 is 16.6 Å². The van der Waals surface area contributed by atoms with E-state index in [-0.39, 0.29) is 18.2 Å². The fourth-order valence-corrected chi connectivity index (χ4v) is 2.40. The van der Waals surface area contributed by atoms with Crippen LogP contribution in [0.3, 0.4) is 0 Å². The summed E-state index contributed by atoms with van der Waals surface area (Å²) in [5.74, 6) is 4.66. The Labute approximate surface area is 108 Å². The lowest BCUT2D eigenvalue weighted by atomic mass is 10.0. The summed E-state index contributed by atoms with van der Waals surface area (Å²) in [7, 11) is 0. The standard InChI is InChI=1S/C12H24N4O2/c1-9-4-3-5-10(2)16(9)8-12(18)14-7-6-11(17)15-13/h9-10H,3-8,13H2,1-2H3,(H,14,18)(H,15,17)/t9-,10+/i6+1,7+1,11+1,12+1,16+1. The Morgan fingerprint density at radius 1 is 1.22 bits per heavy atom. The quantitative estimate of drug-likeness (QED) is 0.209. The number of piperidine rings is 1. The Morgan fingerprint density at radius 2 is 1.83 bits per heavy atom. The van der Waals surface area contributed by atoms with Crippen molar-refractivity contribution in [1.29, 1.82) is 0 Å². The second-order valence-corrected chi connectivity index (χ2v) is 4.97. The summed E-state index contributed by atoms with van der Waals surface area (Å²) in [5.41, 5.74) is 2.03. The molecule has 0 aromatic heterocycles. The van der Waals surface area contributed by atoms with E-state index in [0.29, 0.717) is 25.2 Å². The molecule has 6 nitrogen and oxygen atoms in total. The Balaban J connectivity index is 2.28. The highest BCUT2D eigenvalue weighted by Crippen LogP contribution is 2.21. The van der Waals surface area contributed by atoms with Gasteiger partial charge in [0.05, 0.1) is 6.54 Å². The zero-order valence-electron chi connectivity index (χ0n) is 11.2. The van der Waals surface area contributed by atoms with Crippen LogP contribution in [0.4, 0.5) is 0 Å². The third-order valence-corrected chi connectivity index (χ3v) is 3.54. The number of carbonyl (C=O) groups is 2. The number of carbonyl (C=O) groups excluding carboxylic acids is 2. The van der Waals surface area contributed by atoms with Crippen molar-refractivity contribution in [1.82, 2.24) is 15.6 Å². The van der Waals surface area contributed by atoms with Crippen molar-refractivity contribution in [2.24, 2.45) is 5.84 Å². The van der Waals surface area contributed by atoms with E-state index in [9.17, 15) is 9.59 Å². The van der Waals surface area contributed by atoms with Crippen molar-refractivity contribution in [2.45, 2.75) is 51.6 Å². The second kappa shape index (κ2) is 7.33. The molecule has 0 aliphatic carbocycles. The number of likely N-dealkylation sites (tertiary alicyclic amines) is 1. The molecule has 1 heterocycles. The molecule has 0 bridgehead atoms. The maximum Gasteiger partial charge on any atom is 0.235 e. The predicted molar refractivity (Wildman–Crippen MR) is 69.4 cm³/mol. The first kappa shape index (κ1) is 14.9. The molecular weight excluding hydrogens is 237 g/mol. The van der Waals surface area contributed by atoms with Crippen LogP contribution in [0.15, 0.2) is 0 Å². The maximum atomic E-state index is 11.8. The van der Waals surface area contributed by atoms with Crippen LogP contribution in [0.2, 0.25) is 0 Å². The Morgan fingerprint density at radius 3 is 2.39 bits per heavy atom. The van der Waals surface area contributed by atoms with Crippen LogP contribution in [0.1, 0.15) is 39.5 Å². The van der Waals surface area contributed by atoms with Crippen LogP contribution in [0.25, 0.3) is 0 Å². The smallest absolute Gasteiger partial charge is 0.235 e. The molecule has 1 aliphatic rings. The molecule has 1 rings (SSSR count). The zero-order chi connectivity index (χ0) is 13.5. The second-order valence-electron chi connectivity index (χ2n) is 4.97. The van der Waals surface area contributed by atoms with Gasteiger partial charge in [0.2, 0.25) is 11.8 Å². The van der Waals surface area contributed by atoms with Gasteiger partial charge in [-0.05, 0) is 26.7 Å². The lowest BCUT2D eigenvalue weighted by Crippen LogP contribution is -2.49. The van der Waals surface area contributed by atoms with E-state index in [4.69, 9.17) is 5.84 Å². The Kier molecular flexibility index (Phi) is 6.07.